The maximum Gasteiger partial charge on any atom is 0.336 e. The number of ether oxygens (including phenoxy) is 1. The molecule has 7 heteroatoms. The Morgan fingerprint density at radius 2 is 1.70 bits per heavy atom. The molecule has 7 nitrogen and oxygen atoms in total. The van der Waals surface area contributed by atoms with Gasteiger partial charge in [0.2, 0.25) is 0 Å². The number of fused-ring (bicyclic) bond motifs is 2. The van der Waals surface area contributed by atoms with Gasteiger partial charge in [0.1, 0.15) is 12.2 Å². The van der Waals surface area contributed by atoms with Gasteiger partial charge in [0.15, 0.2) is 0 Å². The van der Waals surface area contributed by atoms with Gasteiger partial charge in [-0.05, 0) is 37.1 Å². The third-order valence-electron chi connectivity index (χ3n) is 5.02. The predicted molar refractivity (Wildman–Crippen MR) is 108 cm³/mol. The van der Waals surface area contributed by atoms with Crippen molar-refractivity contribution >= 4 is 28.8 Å². The molecule has 2 amide bonds. The van der Waals surface area contributed by atoms with Gasteiger partial charge in [0, 0.05) is 30.0 Å². The first-order valence-electron chi connectivity index (χ1n) is 9.58. The third kappa shape index (κ3) is 3.74. The van der Waals surface area contributed by atoms with E-state index >= 15 is 0 Å². The summed E-state index contributed by atoms with van der Waals surface area (Å²) < 4.78 is 10.5. The molecule has 0 saturated carbocycles. The van der Waals surface area contributed by atoms with Crippen LogP contribution in [0.5, 0.6) is 0 Å². The first-order valence-corrected chi connectivity index (χ1v) is 9.58. The summed E-state index contributed by atoms with van der Waals surface area (Å²) in [5, 5.41) is 0.707. The van der Waals surface area contributed by atoms with Crippen molar-refractivity contribution in [2.45, 2.75) is 26.4 Å². The zero-order chi connectivity index (χ0) is 21.3. The van der Waals surface area contributed by atoms with E-state index in [2.05, 4.69) is 0 Å². The minimum Gasteiger partial charge on any atom is -0.461 e. The molecule has 0 saturated heterocycles. The molecular formula is C23H19NO6. The van der Waals surface area contributed by atoms with Crippen LogP contribution in [0, 0.1) is 6.92 Å². The number of hydrogen-bond acceptors (Lipinski definition) is 6. The van der Waals surface area contributed by atoms with Crippen molar-refractivity contribution in [3.8, 4) is 0 Å². The molecule has 0 bridgehead atoms. The van der Waals surface area contributed by atoms with E-state index in [4.69, 9.17) is 9.15 Å². The minimum absolute atomic E-state index is 0.0475. The van der Waals surface area contributed by atoms with Gasteiger partial charge >= 0.3 is 11.6 Å². The van der Waals surface area contributed by atoms with E-state index in [0.717, 1.165) is 10.5 Å². The topological polar surface area (TPSA) is 93.9 Å². The van der Waals surface area contributed by atoms with Crippen molar-refractivity contribution in [3.63, 3.8) is 0 Å². The summed E-state index contributed by atoms with van der Waals surface area (Å²) in [6.07, 6.45) is 0.340. The van der Waals surface area contributed by atoms with Crippen LogP contribution in [0.4, 0.5) is 0 Å². The number of hydrogen-bond donors (Lipinski definition) is 0. The second-order valence-electron chi connectivity index (χ2n) is 7.16. The van der Waals surface area contributed by atoms with E-state index in [-0.39, 0.29) is 31.4 Å². The van der Waals surface area contributed by atoms with Crippen LogP contribution in [0.3, 0.4) is 0 Å². The summed E-state index contributed by atoms with van der Waals surface area (Å²) in [7, 11) is 0. The molecule has 1 aliphatic heterocycles. The van der Waals surface area contributed by atoms with Crippen LogP contribution in [-0.4, -0.2) is 29.2 Å². The Hall–Kier alpha value is -3.74. The highest BCUT2D eigenvalue weighted by molar-refractivity contribution is 6.21. The van der Waals surface area contributed by atoms with Crippen LogP contribution in [0.15, 0.2) is 57.7 Å². The Morgan fingerprint density at radius 3 is 2.40 bits per heavy atom. The number of carbonyl (C=O) groups excluding carboxylic acids is 3. The molecule has 0 radical (unpaired) electrons. The fourth-order valence-electron chi connectivity index (χ4n) is 3.51. The zero-order valence-electron chi connectivity index (χ0n) is 16.3. The number of benzene rings is 2. The molecular weight excluding hydrogens is 386 g/mol. The Labute approximate surface area is 171 Å². The molecule has 0 aliphatic carbocycles. The molecule has 0 spiro atoms. The standard InChI is InChI=1S/C23H19NO6/c1-14-8-9-16-15(12-21(26)30-19(16)11-14)13-29-20(25)7-4-10-24-22(27)17-5-2-3-6-18(17)23(24)28/h2-3,5-6,8-9,11-12H,4,7,10,13H2,1H3. The average molecular weight is 405 g/mol. The monoisotopic (exact) mass is 405 g/mol. The SMILES string of the molecule is Cc1ccc2c(COC(=O)CCCN3C(=O)c4ccccc4C3=O)cc(=O)oc2c1. The molecule has 2 aromatic carbocycles. The predicted octanol–water partition coefficient (Wildman–Crippen LogP) is 3.22. The maximum absolute atomic E-state index is 12.3. The minimum atomic E-state index is -0.509. The lowest BCUT2D eigenvalue weighted by Gasteiger charge is -2.13. The molecule has 0 N–H and O–H groups in total. The zero-order valence-corrected chi connectivity index (χ0v) is 16.3. The molecule has 2 heterocycles. The van der Waals surface area contributed by atoms with Crippen molar-refractivity contribution in [1.82, 2.24) is 4.90 Å². The van der Waals surface area contributed by atoms with Gasteiger partial charge < -0.3 is 9.15 Å². The summed E-state index contributed by atoms with van der Waals surface area (Å²) in [4.78, 5) is 49.7. The number of amides is 2. The molecule has 152 valence electrons. The number of nitrogens with zero attached hydrogens (tertiary/aromatic N) is 1. The van der Waals surface area contributed by atoms with Crippen molar-refractivity contribution < 1.29 is 23.5 Å². The Kier molecular flexibility index (Phi) is 5.18. The van der Waals surface area contributed by atoms with Gasteiger partial charge in [0.05, 0.1) is 11.1 Å². The molecule has 3 aromatic rings. The molecule has 0 atom stereocenters. The van der Waals surface area contributed by atoms with Gasteiger partial charge in [-0.1, -0.05) is 24.3 Å². The van der Waals surface area contributed by atoms with E-state index in [1.807, 2.05) is 19.1 Å². The Morgan fingerprint density at radius 1 is 1.00 bits per heavy atom. The summed E-state index contributed by atoms with van der Waals surface area (Å²) in [6, 6.07) is 13.4. The summed E-state index contributed by atoms with van der Waals surface area (Å²) in [6.45, 7) is 1.97. The average Bonchev–Trinajstić information content (AvgIpc) is 2.96. The first kappa shape index (κ1) is 19.6. The van der Waals surface area contributed by atoms with E-state index in [1.54, 1.807) is 30.3 Å². The quantitative estimate of drug-likeness (QED) is 0.355. The van der Waals surface area contributed by atoms with E-state index in [1.165, 1.54) is 6.07 Å². The van der Waals surface area contributed by atoms with Gasteiger partial charge in [0.25, 0.3) is 11.8 Å². The molecule has 0 fully saturated rings. The maximum atomic E-state index is 12.3. The van der Waals surface area contributed by atoms with Crippen LogP contribution in [0.25, 0.3) is 11.0 Å². The van der Waals surface area contributed by atoms with Crippen molar-refractivity contribution in [1.29, 1.82) is 0 Å². The lowest BCUT2D eigenvalue weighted by Crippen LogP contribution is -2.31. The highest BCUT2D eigenvalue weighted by atomic mass is 16.5. The highest BCUT2D eigenvalue weighted by Crippen LogP contribution is 2.23. The molecule has 4 rings (SSSR count). The Bertz CT molecular complexity index is 1190. The van der Waals surface area contributed by atoms with E-state index in [9.17, 15) is 19.2 Å². The molecule has 30 heavy (non-hydrogen) atoms. The summed E-state index contributed by atoms with van der Waals surface area (Å²) in [5.74, 6) is -1.16. The molecule has 1 aliphatic rings. The van der Waals surface area contributed by atoms with Crippen LogP contribution >= 0.6 is 0 Å². The lowest BCUT2D eigenvalue weighted by molar-refractivity contribution is -0.145. The number of esters is 1. The van der Waals surface area contributed by atoms with E-state index in [0.29, 0.717) is 34.1 Å². The van der Waals surface area contributed by atoms with Crippen molar-refractivity contribution in [2.75, 3.05) is 6.54 Å². The van der Waals surface area contributed by atoms with Crippen LogP contribution < -0.4 is 5.63 Å². The van der Waals surface area contributed by atoms with E-state index < -0.39 is 11.6 Å². The molecule has 0 unspecified atom stereocenters. The third-order valence-corrected chi connectivity index (χ3v) is 5.02. The van der Waals surface area contributed by atoms with Gasteiger partial charge in [-0.3, -0.25) is 19.3 Å². The fourth-order valence-corrected chi connectivity index (χ4v) is 3.51. The second-order valence-corrected chi connectivity index (χ2v) is 7.16. The normalized spacial score (nSPS) is 13.0. The smallest absolute Gasteiger partial charge is 0.336 e. The second kappa shape index (κ2) is 7.94. The fraction of sp³-hybridized carbons (Fsp3) is 0.217. The molecule has 1 aromatic heterocycles. The largest absolute Gasteiger partial charge is 0.461 e. The Balaban J connectivity index is 1.34. The number of imide groups is 1. The summed E-state index contributed by atoms with van der Waals surface area (Å²) in [5.41, 5.74) is 2.22. The highest BCUT2D eigenvalue weighted by Gasteiger charge is 2.34. The van der Waals surface area contributed by atoms with Crippen LogP contribution in [0.1, 0.15) is 44.7 Å². The van der Waals surface area contributed by atoms with Crippen LogP contribution in [-0.2, 0) is 16.1 Å². The number of rotatable bonds is 6. The van der Waals surface area contributed by atoms with Gasteiger partial charge in [-0.25, -0.2) is 4.79 Å². The van der Waals surface area contributed by atoms with Crippen molar-refractivity contribution in [3.05, 3.63) is 81.2 Å². The van der Waals surface area contributed by atoms with Crippen LogP contribution in [0.2, 0.25) is 0 Å². The van der Waals surface area contributed by atoms with Gasteiger partial charge in [-0.2, -0.15) is 0 Å². The van der Waals surface area contributed by atoms with Gasteiger partial charge in [-0.15, -0.1) is 0 Å². The number of carbonyl (C=O) groups is 3. The first-order chi connectivity index (χ1) is 14.4. The van der Waals surface area contributed by atoms with Crippen molar-refractivity contribution in [2.24, 2.45) is 0 Å². The number of aryl methyl sites for hydroxylation is 1. The summed E-state index contributed by atoms with van der Waals surface area (Å²) >= 11 is 0. The lowest BCUT2D eigenvalue weighted by atomic mass is 10.1.